The van der Waals surface area contributed by atoms with Gasteiger partial charge in [0.25, 0.3) is 0 Å². The summed E-state index contributed by atoms with van der Waals surface area (Å²) in [5, 5.41) is 0. The van der Waals surface area contributed by atoms with Crippen molar-refractivity contribution in [2.24, 2.45) is 0 Å². The zero-order chi connectivity index (χ0) is 25.0. The number of methoxy groups -OCH3 is 1. The van der Waals surface area contributed by atoms with E-state index < -0.39 is 35.0 Å². The Balaban J connectivity index is 1.46. The molecule has 2 fully saturated rings. The molecule has 3 aromatic carbocycles. The first-order valence-electron chi connectivity index (χ1n) is 11.7. The molecule has 36 heavy (non-hydrogen) atoms. The summed E-state index contributed by atoms with van der Waals surface area (Å²) in [5.74, 6) is -2.45. The molecule has 7 nitrogen and oxygen atoms in total. The maximum atomic E-state index is 13.6. The molecule has 0 aromatic heterocycles. The van der Waals surface area contributed by atoms with E-state index >= 15 is 0 Å². The molecule has 0 N–H and O–H groups in total. The zero-order valence-electron chi connectivity index (χ0n) is 19.8. The highest BCUT2D eigenvalue weighted by Crippen LogP contribution is 2.58. The second-order valence-corrected chi connectivity index (χ2v) is 9.40. The normalized spacial score (nSPS) is 28.0. The summed E-state index contributed by atoms with van der Waals surface area (Å²) in [6.45, 7) is 1.78. The molecule has 0 amide bonds. The zero-order valence-corrected chi connectivity index (χ0v) is 19.8. The quantitative estimate of drug-likeness (QED) is 0.390. The minimum absolute atomic E-state index is 0.151. The van der Waals surface area contributed by atoms with Crippen molar-refractivity contribution in [3.63, 3.8) is 0 Å². The van der Waals surface area contributed by atoms with Crippen LogP contribution < -0.4 is 0 Å². The van der Waals surface area contributed by atoms with Gasteiger partial charge in [-0.3, -0.25) is 0 Å². The Morgan fingerprint density at radius 3 is 2.08 bits per heavy atom. The standard InChI is InChI=1S/C29H24O7/c1-27-17-23-26(31)34-28(21-9-5-3-6-10-21,22-11-7-4-8-12-22)18-29(23,36-35-27)33-24(27)19-13-15-20(16-14-19)25(30)32-2/h3-17,24H,18H2,1-2H3/t24?,27-,29+/m1/s1. The Kier molecular flexibility index (Phi) is 5.12. The first-order valence-corrected chi connectivity index (χ1v) is 11.7. The van der Waals surface area contributed by atoms with Gasteiger partial charge in [0, 0.05) is 11.1 Å². The molecular formula is C29H24O7. The molecule has 4 aliphatic heterocycles. The lowest BCUT2D eigenvalue weighted by molar-refractivity contribution is -0.525. The van der Waals surface area contributed by atoms with Gasteiger partial charge in [-0.25, -0.2) is 14.5 Å². The Labute approximate surface area is 208 Å². The molecule has 0 aliphatic carbocycles. The highest BCUT2D eigenvalue weighted by molar-refractivity contribution is 5.93. The van der Waals surface area contributed by atoms with Gasteiger partial charge >= 0.3 is 11.9 Å². The third-order valence-electron chi connectivity index (χ3n) is 7.11. The summed E-state index contributed by atoms with van der Waals surface area (Å²) >= 11 is 0. The van der Waals surface area contributed by atoms with Crippen LogP contribution in [0.4, 0.5) is 0 Å². The van der Waals surface area contributed by atoms with Crippen LogP contribution in [0.15, 0.2) is 96.6 Å². The SMILES string of the molecule is COC(=O)c1ccc(C2O[C@]34CC(c5ccccc5)(c5ccccc5)OC(=O)C3=C[C@@]2(C)OO4)cc1. The minimum Gasteiger partial charge on any atom is -0.465 e. The maximum absolute atomic E-state index is 13.6. The number of carbonyl (C=O) groups excluding carboxylic acids is 2. The van der Waals surface area contributed by atoms with Crippen LogP contribution in [0.5, 0.6) is 0 Å². The van der Waals surface area contributed by atoms with Gasteiger partial charge in [-0.1, -0.05) is 72.8 Å². The maximum Gasteiger partial charge on any atom is 0.340 e. The van der Waals surface area contributed by atoms with Gasteiger partial charge in [-0.15, -0.1) is 0 Å². The molecule has 2 bridgehead atoms. The number of ether oxygens (including phenoxy) is 3. The highest BCUT2D eigenvalue weighted by atomic mass is 17.3. The molecule has 3 atom stereocenters. The van der Waals surface area contributed by atoms with Crippen molar-refractivity contribution in [1.82, 2.24) is 0 Å². The average Bonchev–Trinajstić information content (AvgIpc) is 2.93. The summed E-state index contributed by atoms with van der Waals surface area (Å²) in [4.78, 5) is 37.3. The molecule has 7 heteroatoms. The Morgan fingerprint density at radius 1 is 0.889 bits per heavy atom. The first-order chi connectivity index (χ1) is 17.4. The number of rotatable bonds is 4. The van der Waals surface area contributed by atoms with Crippen LogP contribution in [0.2, 0.25) is 0 Å². The van der Waals surface area contributed by atoms with Crippen LogP contribution in [0.3, 0.4) is 0 Å². The number of esters is 2. The van der Waals surface area contributed by atoms with E-state index in [0.717, 1.165) is 16.7 Å². The molecule has 182 valence electrons. The largest absolute Gasteiger partial charge is 0.465 e. The predicted molar refractivity (Wildman–Crippen MR) is 127 cm³/mol. The Bertz CT molecular complexity index is 1310. The third-order valence-corrected chi connectivity index (χ3v) is 7.11. The predicted octanol–water partition coefficient (Wildman–Crippen LogP) is 4.78. The van der Waals surface area contributed by atoms with Crippen LogP contribution in [0.25, 0.3) is 0 Å². The summed E-state index contributed by atoms with van der Waals surface area (Å²) in [7, 11) is 1.34. The lowest BCUT2D eigenvalue weighted by Gasteiger charge is -2.56. The van der Waals surface area contributed by atoms with Gasteiger partial charge in [0.05, 0.1) is 24.7 Å². The number of cyclic esters (lactones) is 1. The second kappa shape index (κ2) is 8.13. The van der Waals surface area contributed by atoms with Gasteiger partial charge in [0.2, 0.25) is 5.79 Å². The summed E-state index contributed by atoms with van der Waals surface area (Å²) in [5.41, 5.74) is 0.819. The molecule has 7 rings (SSSR count). The van der Waals surface area contributed by atoms with Gasteiger partial charge in [-0.05, 0) is 30.7 Å². The van der Waals surface area contributed by atoms with E-state index in [9.17, 15) is 9.59 Å². The van der Waals surface area contributed by atoms with Crippen molar-refractivity contribution in [2.45, 2.75) is 36.4 Å². The fourth-order valence-corrected chi connectivity index (χ4v) is 5.30. The van der Waals surface area contributed by atoms with Crippen molar-refractivity contribution in [3.8, 4) is 0 Å². The molecule has 0 radical (unpaired) electrons. The molecule has 4 heterocycles. The molecule has 2 saturated heterocycles. The second-order valence-electron chi connectivity index (χ2n) is 9.40. The fraction of sp³-hybridized carbons (Fsp3) is 0.241. The molecular weight excluding hydrogens is 460 g/mol. The molecule has 3 aromatic rings. The summed E-state index contributed by atoms with van der Waals surface area (Å²) in [6.07, 6.45) is 1.29. The number of hydrogen-bond donors (Lipinski definition) is 0. The Hall–Kier alpha value is -3.78. The van der Waals surface area contributed by atoms with Crippen LogP contribution >= 0.6 is 0 Å². The van der Waals surface area contributed by atoms with Gasteiger partial charge in [0.1, 0.15) is 6.10 Å². The topological polar surface area (TPSA) is 80.3 Å². The van der Waals surface area contributed by atoms with Crippen LogP contribution in [0, 0.1) is 0 Å². The van der Waals surface area contributed by atoms with Gasteiger partial charge in [-0.2, -0.15) is 4.89 Å². The number of carbonyl (C=O) groups is 2. The van der Waals surface area contributed by atoms with Crippen molar-refractivity contribution < 1.29 is 33.6 Å². The van der Waals surface area contributed by atoms with E-state index in [0.29, 0.717) is 5.56 Å². The van der Waals surface area contributed by atoms with Gasteiger partial charge in [0.15, 0.2) is 11.2 Å². The molecule has 4 aliphatic rings. The lowest BCUT2D eigenvalue weighted by Crippen LogP contribution is -2.64. The minimum atomic E-state index is -1.50. The summed E-state index contributed by atoms with van der Waals surface area (Å²) in [6, 6.07) is 26.0. The van der Waals surface area contributed by atoms with E-state index in [1.54, 1.807) is 37.3 Å². The molecule has 0 saturated carbocycles. The van der Waals surface area contributed by atoms with E-state index in [4.69, 9.17) is 24.0 Å². The third kappa shape index (κ3) is 3.32. The van der Waals surface area contributed by atoms with Crippen LogP contribution in [-0.4, -0.2) is 30.4 Å². The van der Waals surface area contributed by atoms with E-state index in [-0.39, 0.29) is 12.0 Å². The monoisotopic (exact) mass is 484 g/mol. The first kappa shape index (κ1) is 22.7. The average molecular weight is 485 g/mol. The van der Waals surface area contributed by atoms with Crippen molar-refractivity contribution in [3.05, 3.63) is 119 Å². The van der Waals surface area contributed by atoms with E-state index in [1.165, 1.54) is 7.11 Å². The summed E-state index contributed by atoms with van der Waals surface area (Å²) < 4.78 is 17.7. The van der Waals surface area contributed by atoms with Crippen molar-refractivity contribution in [2.75, 3.05) is 7.11 Å². The van der Waals surface area contributed by atoms with Crippen LogP contribution in [-0.2, 0) is 34.4 Å². The number of fused-ring (bicyclic) bond motifs is 2. The van der Waals surface area contributed by atoms with Crippen molar-refractivity contribution in [1.29, 1.82) is 0 Å². The van der Waals surface area contributed by atoms with E-state index in [1.807, 2.05) is 60.7 Å². The van der Waals surface area contributed by atoms with E-state index in [2.05, 4.69) is 0 Å². The lowest BCUT2D eigenvalue weighted by atomic mass is 9.73. The number of hydrogen-bond acceptors (Lipinski definition) is 7. The highest BCUT2D eigenvalue weighted by Gasteiger charge is 2.66. The van der Waals surface area contributed by atoms with Gasteiger partial charge < -0.3 is 14.2 Å². The fourth-order valence-electron chi connectivity index (χ4n) is 5.30. The van der Waals surface area contributed by atoms with Crippen molar-refractivity contribution >= 4 is 11.9 Å². The van der Waals surface area contributed by atoms with Crippen LogP contribution in [0.1, 0.15) is 46.5 Å². The molecule has 1 unspecified atom stereocenters. The molecule has 1 spiro atoms. The number of benzene rings is 3. The Morgan fingerprint density at radius 2 is 1.50 bits per heavy atom. The smallest absolute Gasteiger partial charge is 0.340 e.